The number of amides is 1. The third-order valence-electron chi connectivity index (χ3n) is 4.73. The third-order valence-corrected chi connectivity index (χ3v) is 7.11. The van der Waals surface area contributed by atoms with Gasteiger partial charge in [-0.1, -0.05) is 12.1 Å². The van der Waals surface area contributed by atoms with Gasteiger partial charge in [0.25, 0.3) is 5.91 Å². The molecule has 0 bridgehead atoms. The molecule has 2 saturated heterocycles. The van der Waals surface area contributed by atoms with E-state index in [-0.39, 0.29) is 23.2 Å². The molecule has 7 nitrogen and oxygen atoms in total. The zero-order valence-electron chi connectivity index (χ0n) is 13.8. The highest BCUT2D eigenvalue weighted by molar-refractivity contribution is 7.91. The Bertz CT molecular complexity index is 735. The Morgan fingerprint density at radius 3 is 2.56 bits per heavy atom. The number of carbonyl (C=O) groups is 1. The molecule has 0 radical (unpaired) electrons. The number of anilines is 1. The second-order valence-corrected chi connectivity index (χ2v) is 9.38. The number of para-hydroxylation sites is 2. The van der Waals surface area contributed by atoms with Gasteiger partial charge >= 0.3 is 0 Å². The van der Waals surface area contributed by atoms with Crippen molar-refractivity contribution in [3.05, 3.63) is 24.3 Å². The maximum absolute atomic E-state index is 12.2. The molecule has 1 aromatic carbocycles. The average molecular weight is 389 g/mol. The number of benzene rings is 1. The van der Waals surface area contributed by atoms with E-state index in [0.29, 0.717) is 6.54 Å². The number of aromatic hydroxyl groups is 1. The van der Waals surface area contributed by atoms with Gasteiger partial charge in [0.15, 0.2) is 16.4 Å². The second-order valence-electron chi connectivity index (χ2n) is 6.67. The number of nitrogens with one attached hydrogen (secondary N) is 2. The number of phenolic OH excluding ortho intramolecular Hbond substituents is 1. The van der Waals surface area contributed by atoms with Crippen LogP contribution >= 0.6 is 11.6 Å². The van der Waals surface area contributed by atoms with Gasteiger partial charge in [0.1, 0.15) is 5.75 Å². The minimum atomic E-state index is -3.15. The fourth-order valence-electron chi connectivity index (χ4n) is 3.39. The summed E-state index contributed by atoms with van der Waals surface area (Å²) in [5.74, 6) is -0.0624. The molecule has 25 heavy (non-hydrogen) atoms. The van der Waals surface area contributed by atoms with E-state index < -0.39 is 21.3 Å². The molecule has 1 amide bonds. The number of hydrogen-bond acceptors (Lipinski definition) is 5. The van der Waals surface area contributed by atoms with Crippen LogP contribution in [0.2, 0.25) is 0 Å². The number of piperazine rings is 1. The molecule has 3 rings (SSSR count). The number of nitrogens with zero attached hydrogens (tertiary/aromatic N) is 1. The molecule has 9 heteroatoms. The van der Waals surface area contributed by atoms with Gasteiger partial charge in [0, 0.05) is 0 Å². The number of phenols is 1. The van der Waals surface area contributed by atoms with Gasteiger partial charge in [-0.05, 0) is 12.1 Å². The summed E-state index contributed by atoms with van der Waals surface area (Å²) in [5.41, 5.74) is 0.812. The summed E-state index contributed by atoms with van der Waals surface area (Å²) in [6.07, 6.45) is 0. The second kappa shape index (κ2) is 7.39. The molecule has 0 aromatic heterocycles. The molecular weight excluding hydrogens is 366 g/mol. The van der Waals surface area contributed by atoms with Crippen molar-refractivity contribution >= 4 is 33.0 Å². The van der Waals surface area contributed by atoms with E-state index in [9.17, 15) is 18.3 Å². The minimum absolute atomic E-state index is 0.0778. The van der Waals surface area contributed by atoms with Crippen LogP contribution in [0.1, 0.15) is 0 Å². The van der Waals surface area contributed by atoms with Crippen molar-refractivity contribution in [3.63, 3.8) is 0 Å². The van der Waals surface area contributed by atoms with E-state index in [2.05, 4.69) is 10.2 Å². The van der Waals surface area contributed by atoms with Crippen LogP contribution in [0.4, 0.5) is 5.69 Å². The molecule has 3 N–H and O–H groups in total. The van der Waals surface area contributed by atoms with Gasteiger partial charge in [-0.2, -0.15) is 0 Å². The highest BCUT2D eigenvalue weighted by atomic mass is 35.5. The van der Waals surface area contributed by atoms with Crippen molar-refractivity contribution in [2.24, 2.45) is 0 Å². The SMILES string of the molecule is O=C(C[NH+]1CCN(c2ccccc2O)CC1)N[C@H]1CS(=O)(=O)C[C@H]1Cl. The maximum Gasteiger partial charge on any atom is 0.275 e. The zero-order valence-corrected chi connectivity index (χ0v) is 15.4. The summed E-state index contributed by atoms with van der Waals surface area (Å²) in [6, 6.07) is 6.73. The van der Waals surface area contributed by atoms with Crippen LogP contribution in [0, 0.1) is 0 Å². The van der Waals surface area contributed by atoms with Crippen molar-refractivity contribution in [1.29, 1.82) is 0 Å². The van der Waals surface area contributed by atoms with E-state index >= 15 is 0 Å². The Kier molecular flexibility index (Phi) is 5.41. The van der Waals surface area contributed by atoms with Crippen LogP contribution in [0.15, 0.2) is 24.3 Å². The van der Waals surface area contributed by atoms with Crippen LogP contribution < -0.4 is 15.1 Å². The molecule has 2 fully saturated rings. The van der Waals surface area contributed by atoms with Gasteiger partial charge in [-0.15, -0.1) is 11.6 Å². The van der Waals surface area contributed by atoms with Crippen molar-refractivity contribution in [2.45, 2.75) is 11.4 Å². The van der Waals surface area contributed by atoms with Gasteiger partial charge in [0.2, 0.25) is 0 Å². The van der Waals surface area contributed by atoms with E-state index in [4.69, 9.17) is 11.6 Å². The lowest BCUT2D eigenvalue weighted by Gasteiger charge is -2.33. The van der Waals surface area contributed by atoms with Gasteiger partial charge in [-0.3, -0.25) is 4.79 Å². The summed E-state index contributed by atoms with van der Waals surface area (Å²) in [7, 11) is -3.15. The quantitative estimate of drug-likeness (QED) is 0.553. The fraction of sp³-hybridized carbons (Fsp3) is 0.562. The van der Waals surface area contributed by atoms with Gasteiger partial charge in [-0.25, -0.2) is 8.42 Å². The molecule has 138 valence electrons. The van der Waals surface area contributed by atoms with E-state index in [1.807, 2.05) is 12.1 Å². The van der Waals surface area contributed by atoms with Crippen molar-refractivity contribution in [2.75, 3.05) is 49.1 Å². The van der Waals surface area contributed by atoms with Crippen LogP contribution in [-0.2, 0) is 14.6 Å². The average Bonchev–Trinajstić information content (AvgIpc) is 2.80. The first kappa shape index (κ1) is 18.3. The molecule has 0 spiro atoms. The predicted octanol–water partition coefficient (Wildman–Crippen LogP) is -1.38. The Hall–Kier alpha value is -1.51. The maximum atomic E-state index is 12.2. The normalized spacial score (nSPS) is 26.5. The van der Waals surface area contributed by atoms with Gasteiger partial charge < -0.3 is 20.2 Å². The standard InChI is InChI=1S/C16H22ClN3O4S/c17-12-10-25(23,24)11-13(12)18-16(22)9-19-5-7-20(8-6-19)14-3-1-2-4-15(14)21/h1-4,12-13,21H,5-11H2,(H,18,22)/p+1/t12-,13+/m1/s1. The Balaban J connectivity index is 1.48. The first-order valence-corrected chi connectivity index (χ1v) is 10.6. The predicted molar refractivity (Wildman–Crippen MR) is 96.1 cm³/mol. The number of quaternary nitrogens is 1. The van der Waals surface area contributed by atoms with Crippen LogP contribution in [0.5, 0.6) is 5.75 Å². The number of carbonyl (C=O) groups excluding carboxylic acids is 1. The molecule has 1 aromatic rings. The largest absolute Gasteiger partial charge is 0.506 e. The molecular formula is C16H23ClN3O4S+. The molecule has 2 heterocycles. The van der Waals surface area contributed by atoms with E-state index in [0.717, 1.165) is 36.8 Å². The number of halogens is 1. The summed E-state index contributed by atoms with van der Waals surface area (Å²) in [5, 5.41) is 12.1. The smallest absolute Gasteiger partial charge is 0.275 e. The third kappa shape index (κ3) is 4.56. The molecule has 0 unspecified atom stereocenters. The topological polar surface area (TPSA) is 91.2 Å². The summed E-state index contributed by atoms with van der Waals surface area (Å²) in [4.78, 5) is 15.4. The Labute approximate surface area is 152 Å². The number of hydrogen-bond donors (Lipinski definition) is 3. The number of rotatable bonds is 4. The van der Waals surface area contributed by atoms with E-state index in [1.54, 1.807) is 12.1 Å². The first-order valence-electron chi connectivity index (χ1n) is 8.34. The summed E-state index contributed by atoms with van der Waals surface area (Å²) < 4.78 is 23.1. The van der Waals surface area contributed by atoms with E-state index in [1.165, 1.54) is 0 Å². The summed E-state index contributed by atoms with van der Waals surface area (Å²) >= 11 is 6.02. The molecule has 0 saturated carbocycles. The van der Waals surface area contributed by atoms with Gasteiger partial charge in [0.05, 0.1) is 54.8 Å². The number of alkyl halides is 1. The number of sulfone groups is 1. The fourth-order valence-corrected chi connectivity index (χ4v) is 5.94. The monoisotopic (exact) mass is 388 g/mol. The summed E-state index contributed by atoms with van der Waals surface area (Å²) in [6.45, 7) is 3.34. The lowest BCUT2D eigenvalue weighted by molar-refractivity contribution is -0.892. The Morgan fingerprint density at radius 1 is 1.28 bits per heavy atom. The van der Waals surface area contributed by atoms with Crippen molar-refractivity contribution < 1.29 is 23.2 Å². The first-order chi connectivity index (χ1) is 11.8. The van der Waals surface area contributed by atoms with Crippen molar-refractivity contribution in [1.82, 2.24) is 5.32 Å². The van der Waals surface area contributed by atoms with Crippen LogP contribution in [0.25, 0.3) is 0 Å². The highest BCUT2D eigenvalue weighted by Gasteiger charge is 2.37. The van der Waals surface area contributed by atoms with Crippen LogP contribution in [0.3, 0.4) is 0 Å². The molecule has 2 atom stereocenters. The highest BCUT2D eigenvalue weighted by Crippen LogP contribution is 2.25. The lowest BCUT2D eigenvalue weighted by atomic mass is 10.2. The van der Waals surface area contributed by atoms with Crippen LogP contribution in [-0.4, -0.2) is 75.1 Å². The Morgan fingerprint density at radius 2 is 1.96 bits per heavy atom. The lowest BCUT2D eigenvalue weighted by Crippen LogP contribution is -3.16. The molecule has 2 aliphatic rings. The molecule has 2 aliphatic heterocycles. The molecule has 0 aliphatic carbocycles. The van der Waals surface area contributed by atoms with Crippen molar-refractivity contribution in [3.8, 4) is 5.75 Å². The zero-order chi connectivity index (χ0) is 18.0. The minimum Gasteiger partial charge on any atom is -0.506 e.